The van der Waals surface area contributed by atoms with Crippen LogP contribution in [0.5, 0.6) is 0 Å². The molecule has 0 atom stereocenters. The molecule has 0 amide bonds. The number of carbonyl (C=O) groups is 1. The van der Waals surface area contributed by atoms with Crippen molar-refractivity contribution in [2.45, 2.75) is 20.3 Å². The van der Waals surface area contributed by atoms with E-state index in [0.29, 0.717) is 10.2 Å². The van der Waals surface area contributed by atoms with Crippen molar-refractivity contribution in [1.82, 2.24) is 4.98 Å². The van der Waals surface area contributed by atoms with E-state index in [1.54, 1.807) is 12.1 Å². The topological polar surface area (TPSA) is 62.2 Å². The van der Waals surface area contributed by atoms with Gasteiger partial charge in [0.25, 0.3) is 0 Å². The molecule has 25 heavy (non-hydrogen) atoms. The number of halogens is 1. The molecule has 3 rings (SSSR count). The third kappa shape index (κ3) is 4.18. The lowest BCUT2D eigenvalue weighted by molar-refractivity contribution is -0.136. The minimum absolute atomic E-state index is 0.0530. The number of carboxylic acids is 1. The van der Waals surface area contributed by atoms with Gasteiger partial charge < -0.3 is 10.4 Å². The van der Waals surface area contributed by atoms with Crippen LogP contribution < -0.4 is 5.32 Å². The number of nitrogens with zero attached hydrogens (tertiary/aromatic N) is 1. The molecule has 0 aliphatic carbocycles. The van der Waals surface area contributed by atoms with Crippen LogP contribution in [0.2, 0.25) is 5.02 Å². The summed E-state index contributed by atoms with van der Waals surface area (Å²) in [6, 6.07) is 13.4. The van der Waals surface area contributed by atoms with E-state index in [2.05, 4.69) is 16.4 Å². The van der Waals surface area contributed by atoms with Crippen molar-refractivity contribution in [3.8, 4) is 11.3 Å². The molecule has 3 aromatic rings. The van der Waals surface area contributed by atoms with E-state index in [0.717, 1.165) is 32.9 Å². The van der Waals surface area contributed by atoms with E-state index >= 15 is 0 Å². The van der Waals surface area contributed by atoms with Gasteiger partial charge in [0.2, 0.25) is 0 Å². The van der Waals surface area contributed by atoms with Crippen molar-refractivity contribution in [3.63, 3.8) is 0 Å². The molecule has 0 saturated carbocycles. The SMILES string of the molecule is Cc1ccc(-c2nc(Nc3ccc(Cl)cc3)sc2CC(=O)O)c(C)c1. The van der Waals surface area contributed by atoms with Gasteiger partial charge in [-0.1, -0.05) is 35.4 Å². The zero-order valence-corrected chi connectivity index (χ0v) is 15.4. The van der Waals surface area contributed by atoms with Crippen LogP contribution >= 0.6 is 22.9 Å². The molecule has 4 nitrogen and oxygen atoms in total. The first-order chi connectivity index (χ1) is 11.9. The summed E-state index contributed by atoms with van der Waals surface area (Å²) in [6.45, 7) is 4.04. The number of hydrogen-bond donors (Lipinski definition) is 2. The number of aliphatic carboxylic acids is 1. The average molecular weight is 373 g/mol. The Morgan fingerprint density at radius 1 is 1.20 bits per heavy atom. The molecular weight excluding hydrogens is 356 g/mol. The Labute approximate surface area is 155 Å². The lowest BCUT2D eigenvalue weighted by atomic mass is 10.0. The minimum atomic E-state index is -0.868. The maximum atomic E-state index is 11.2. The molecule has 0 unspecified atom stereocenters. The Bertz CT molecular complexity index is 920. The van der Waals surface area contributed by atoms with Gasteiger partial charge in [0.15, 0.2) is 5.13 Å². The molecule has 0 fully saturated rings. The van der Waals surface area contributed by atoms with Crippen molar-refractivity contribution >= 4 is 39.7 Å². The minimum Gasteiger partial charge on any atom is -0.481 e. The van der Waals surface area contributed by atoms with Crippen LogP contribution in [0.25, 0.3) is 11.3 Å². The quantitative estimate of drug-likeness (QED) is 0.625. The van der Waals surface area contributed by atoms with Crippen LogP contribution in [0, 0.1) is 13.8 Å². The smallest absolute Gasteiger partial charge is 0.308 e. The molecule has 0 saturated heterocycles. The second kappa shape index (κ2) is 7.25. The number of carboxylic acid groups (broad SMARTS) is 1. The van der Waals surface area contributed by atoms with Crippen LogP contribution in [0.4, 0.5) is 10.8 Å². The fourth-order valence-corrected chi connectivity index (χ4v) is 3.72. The molecule has 128 valence electrons. The summed E-state index contributed by atoms with van der Waals surface area (Å²) >= 11 is 7.26. The third-order valence-corrected chi connectivity index (χ3v) is 4.96. The van der Waals surface area contributed by atoms with E-state index in [1.807, 2.05) is 38.1 Å². The number of thiazole rings is 1. The molecule has 2 aromatic carbocycles. The van der Waals surface area contributed by atoms with Gasteiger partial charge in [0.1, 0.15) is 0 Å². The molecule has 1 heterocycles. The highest BCUT2D eigenvalue weighted by Gasteiger charge is 2.17. The van der Waals surface area contributed by atoms with Crippen LogP contribution in [-0.4, -0.2) is 16.1 Å². The fourth-order valence-electron chi connectivity index (χ4n) is 2.61. The van der Waals surface area contributed by atoms with Gasteiger partial charge in [-0.3, -0.25) is 4.79 Å². The van der Waals surface area contributed by atoms with Crippen molar-refractivity contribution in [3.05, 3.63) is 63.5 Å². The fraction of sp³-hybridized carbons (Fsp3) is 0.158. The van der Waals surface area contributed by atoms with Crippen molar-refractivity contribution in [2.24, 2.45) is 0 Å². The van der Waals surface area contributed by atoms with Gasteiger partial charge in [-0.25, -0.2) is 4.98 Å². The first-order valence-electron chi connectivity index (χ1n) is 7.74. The van der Waals surface area contributed by atoms with Crippen LogP contribution in [0.15, 0.2) is 42.5 Å². The maximum absolute atomic E-state index is 11.2. The second-order valence-corrected chi connectivity index (χ2v) is 7.33. The van der Waals surface area contributed by atoms with Gasteiger partial charge >= 0.3 is 5.97 Å². The first-order valence-corrected chi connectivity index (χ1v) is 8.93. The van der Waals surface area contributed by atoms with Crippen molar-refractivity contribution < 1.29 is 9.90 Å². The lowest BCUT2D eigenvalue weighted by Gasteiger charge is -2.06. The van der Waals surface area contributed by atoms with Crippen LogP contribution in [0.3, 0.4) is 0 Å². The molecule has 0 spiro atoms. The highest BCUT2D eigenvalue weighted by atomic mass is 35.5. The summed E-state index contributed by atoms with van der Waals surface area (Å²) in [6.07, 6.45) is -0.0530. The van der Waals surface area contributed by atoms with Crippen LogP contribution in [-0.2, 0) is 11.2 Å². The summed E-state index contributed by atoms with van der Waals surface area (Å²) in [5.41, 5.74) is 4.78. The Morgan fingerprint density at radius 2 is 1.92 bits per heavy atom. The molecular formula is C19H17ClN2O2S. The van der Waals surface area contributed by atoms with E-state index in [4.69, 9.17) is 11.6 Å². The Hall–Kier alpha value is -2.37. The molecule has 0 bridgehead atoms. The van der Waals surface area contributed by atoms with Crippen molar-refractivity contribution in [2.75, 3.05) is 5.32 Å². The molecule has 2 N–H and O–H groups in total. The molecule has 0 radical (unpaired) electrons. The lowest BCUT2D eigenvalue weighted by Crippen LogP contribution is -2.00. The predicted octanol–water partition coefficient (Wildman–Crippen LogP) is 5.45. The van der Waals surface area contributed by atoms with Gasteiger partial charge in [0, 0.05) is 21.2 Å². The van der Waals surface area contributed by atoms with E-state index < -0.39 is 5.97 Å². The molecule has 0 aliphatic rings. The average Bonchev–Trinajstić information content (AvgIpc) is 2.91. The van der Waals surface area contributed by atoms with Gasteiger partial charge in [0.05, 0.1) is 12.1 Å². The van der Waals surface area contributed by atoms with E-state index in [9.17, 15) is 9.90 Å². The van der Waals surface area contributed by atoms with E-state index in [-0.39, 0.29) is 6.42 Å². The number of rotatable bonds is 5. The summed E-state index contributed by atoms with van der Waals surface area (Å²) in [5.74, 6) is -0.868. The summed E-state index contributed by atoms with van der Waals surface area (Å²) in [4.78, 5) is 16.6. The standard InChI is InChI=1S/C19H17ClN2O2S/c1-11-3-8-15(12(2)9-11)18-16(10-17(23)24)25-19(22-18)21-14-6-4-13(20)5-7-14/h3-9H,10H2,1-2H3,(H,21,22)(H,23,24). The van der Waals surface area contributed by atoms with Crippen molar-refractivity contribution in [1.29, 1.82) is 0 Å². The Balaban J connectivity index is 2.00. The van der Waals surface area contributed by atoms with E-state index in [1.165, 1.54) is 11.3 Å². The maximum Gasteiger partial charge on any atom is 0.308 e. The monoisotopic (exact) mass is 372 g/mol. The summed E-state index contributed by atoms with van der Waals surface area (Å²) < 4.78 is 0. The van der Waals surface area contributed by atoms with Gasteiger partial charge in [-0.15, -0.1) is 11.3 Å². The van der Waals surface area contributed by atoms with Gasteiger partial charge in [-0.2, -0.15) is 0 Å². The number of hydrogen-bond acceptors (Lipinski definition) is 4. The summed E-state index contributed by atoms with van der Waals surface area (Å²) in [5, 5.41) is 13.8. The number of benzene rings is 2. The largest absolute Gasteiger partial charge is 0.481 e. The number of anilines is 2. The van der Waals surface area contributed by atoms with Crippen LogP contribution in [0.1, 0.15) is 16.0 Å². The highest BCUT2D eigenvalue weighted by molar-refractivity contribution is 7.16. The predicted molar refractivity (Wildman–Crippen MR) is 103 cm³/mol. The molecule has 1 aromatic heterocycles. The molecule has 6 heteroatoms. The number of nitrogens with one attached hydrogen (secondary N) is 1. The second-order valence-electron chi connectivity index (χ2n) is 5.81. The summed E-state index contributed by atoms with van der Waals surface area (Å²) in [7, 11) is 0. The number of aromatic nitrogens is 1. The van der Waals surface area contributed by atoms with Gasteiger partial charge in [-0.05, 0) is 43.7 Å². The first kappa shape index (κ1) is 17.5. The highest BCUT2D eigenvalue weighted by Crippen LogP contribution is 2.35. The normalized spacial score (nSPS) is 10.7. The Morgan fingerprint density at radius 3 is 2.56 bits per heavy atom. The third-order valence-electron chi connectivity index (χ3n) is 3.74. The zero-order valence-electron chi connectivity index (χ0n) is 13.8. The molecule has 0 aliphatic heterocycles. The number of aryl methyl sites for hydroxylation is 2. The Kier molecular flexibility index (Phi) is 5.06. The zero-order chi connectivity index (χ0) is 18.0.